The molecule has 0 bridgehead atoms. The van der Waals surface area contributed by atoms with E-state index in [1.807, 2.05) is 0 Å². The van der Waals surface area contributed by atoms with Crippen LogP contribution in [-0.4, -0.2) is 45.9 Å². The van der Waals surface area contributed by atoms with Crippen molar-refractivity contribution in [2.24, 2.45) is 0 Å². The molecule has 0 heterocycles. The Hall–Kier alpha value is -1.86. The highest BCUT2D eigenvalue weighted by molar-refractivity contribution is 5.54. The van der Waals surface area contributed by atoms with Crippen LogP contribution < -0.4 is 14.8 Å². The fourth-order valence-corrected chi connectivity index (χ4v) is 1.95. The maximum absolute atomic E-state index is 11.2. The molecule has 0 spiro atoms. The molecule has 0 aliphatic rings. The molecule has 20 heavy (non-hydrogen) atoms. The summed E-state index contributed by atoms with van der Waals surface area (Å²) in [4.78, 5) is 10.8. The number of likely N-dealkylation sites (N-methyl/N-ethyl adjacent to an activating group) is 1. The van der Waals surface area contributed by atoms with Crippen LogP contribution in [0.25, 0.3) is 0 Å². The first-order chi connectivity index (χ1) is 9.57. The van der Waals surface area contributed by atoms with Gasteiger partial charge in [0.15, 0.2) is 11.5 Å². The van der Waals surface area contributed by atoms with Crippen LogP contribution in [0.15, 0.2) is 12.1 Å². The van der Waals surface area contributed by atoms with E-state index in [0.717, 1.165) is 0 Å². The summed E-state index contributed by atoms with van der Waals surface area (Å²) >= 11 is 0. The number of nitro groups is 1. The van der Waals surface area contributed by atoms with Gasteiger partial charge < -0.3 is 19.5 Å². The highest BCUT2D eigenvalue weighted by atomic mass is 16.6. The molecule has 0 aliphatic carbocycles. The number of methoxy groups -OCH3 is 3. The monoisotopic (exact) mass is 284 g/mol. The Labute approximate surface area is 118 Å². The van der Waals surface area contributed by atoms with Crippen LogP contribution in [0.5, 0.6) is 11.5 Å². The molecule has 1 rings (SSSR count). The fraction of sp³-hybridized carbons (Fsp3) is 0.538. The van der Waals surface area contributed by atoms with Crippen molar-refractivity contribution in [3.63, 3.8) is 0 Å². The predicted molar refractivity (Wildman–Crippen MR) is 74.6 cm³/mol. The van der Waals surface area contributed by atoms with Gasteiger partial charge in [0.2, 0.25) is 0 Å². The lowest BCUT2D eigenvalue weighted by Gasteiger charge is -2.16. The van der Waals surface area contributed by atoms with Crippen LogP contribution in [0.3, 0.4) is 0 Å². The van der Waals surface area contributed by atoms with E-state index in [1.165, 1.54) is 20.3 Å². The molecule has 0 saturated carbocycles. The minimum Gasteiger partial charge on any atom is -0.493 e. The number of nitrogens with zero attached hydrogens (tertiary/aromatic N) is 1. The molecule has 0 fully saturated rings. The standard InChI is InChI=1S/C13H20N2O5/c1-14-10(8-18-2)5-9-6-12(19-3)13(20-4)7-11(9)15(16)17/h6-7,10,14H,5,8H2,1-4H3. The van der Waals surface area contributed by atoms with Crippen molar-refractivity contribution >= 4 is 5.69 Å². The zero-order chi connectivity index (χ0) is 15.1. The molecule has 0 aromatic heterocycles. The van der Waals surface area contributed by atoms with E-state index < -0.39 is 4.92 Å². The smallest absolute Gasteiger partial charge is 0.276 e. The summed E-state index contributed by atoms with van der Waals surface area (Å²) in [5.74, 6) is 0.816. The molecule has 0 radical (unpaired) electrons. The molecule has 0 amide bonds. The van der Waals surface area contributed by atoms with Crippen molar-refractivity contribution in [1.29, 1.82) is 0 Å². The SMILES string of the molecule is CNC(COC)Cc1cc(OC)c(OC)cc1[N+](=O)[O-]. The van der Waals surface area contributed by atoms with Crippen molar-refractivity contribution in [2.75, 3.05) is 35.0 Å². The average Bonchev–Trinajstić information content (AvgIpc) is 2.45. The lowest BCUT2D eigenvalue weighted by Crippen LogP contribution is -2.32. The Morgan fingerprint density at radius 2 is 1.85 bits per heavy atom. The average molecular weight is 284 g/mol. The summed E-state index contributed by atoms with van der Waals surface area (Å²) < 4.78 is 15.4. The molecular weight excluding hydrogens is 264 g/mol. The van der Waals surface area contributed by atoms with Gasteiger partial charge in [-0.2, -0.15) is 0 Å². The van der Waals surface area contributed by atoms with Gasteiger partial charge in [0.25, 0.3) is 5.69 Å². The quantitative estimate of drug-likeness (QED) is 0.573. The van der Waals surface area contributed by atoms with Gasteiger partial charge in [-0.05, 0) is 19.5 Å². The van der Waals surface area contributed by atoms with E-state index in [0.29, 0.717) is 30.1 Å². The topological polar surface area (TPSA) is 82.9 Å². The second-order valence-electron chi connectivity index (χ2n) is 4.24. The lowest BCUT2D eigenvalue weighted by atomic mass is 10.0. The summed E-state index contributed by atoms with van der Waals surface area (Å²) in [6, 6.07) is 3.00. The highest BCUT2D eigenvalue weighted by Crippen LogP contribution is 2.35. The van der Waals surface area contributed by atoms with Crippen molar-refractivity contribution < 1.29 is 19.1 Å². The Kier molecular flexibility index (Phi) is 6.20. The molecule has 0 aliphatic heterocycles. The van der Waals surface area contributed by atoms with Crippen molar-refractivity contribution in [2.45, 2.75) is 12.5 Å². The van der Waals surface area contributed by atoms with E-state index in [9.17, 15) is 10.1 Å². The summed E-state index contributed by atoms with van der Waals surface area (Å²) in [7, 11) is 6.32. The molecule has 1 aromatic carbocycles. The maximum Gasteiger partial charge on any atom is 0.276 e. The number of benzene rings is 1. The lowest BCUT2D eigenvalue weighted by molar-refractivity contribution is -0.385. The third-order valence-corrected chi connectivity index (χ3v) is 3.02. The second kappa shape index (κ2) is 7.66. The number of rotatable bonds is 8. The Morgan fingerprint density at radius 1 is 1.25 bits per heavy atom. The molecule has 1 unspecified atom stereocenters. The summed E-state index contributed by atoms with van der Waals surface area (Å²) in [6.45, 7) is 0.460. The van der Waals surface area contributed by atoms with E-state index in [-0.39, 0.29) is 11.7 Å². The van der Waals surface area contributed by atoms with E-state index in [1.54, 1.807) is 20.2 Å². The van der Waals surface area contributed by atoms with Crippen LogP contribution in [0.4, 0.5) is 5.69 Å². The van der Waals surface area contributed by atoms with Crippen LogP contribution in [0, 0.1) is 10.1 Å². The third-order valence-electron chi connectivity index (χ3n) is 3.02. The van der Waals surface area contributed by atoms with Crippen LogP contribution >= 0.6 is 0 Å². The Bertz CT molecular complexity index is 464. The van der Waals surface area contributed by atoms with Crippen LogP contribution in [0.2, 0.25) is 0 Å². The number of nitrogens with one attached hydrogen (secondary N) is 1. The Balaban J connectivity index is 3.18. The zero-order valence-corrected chi connectivity index (χ0v) is 12.1. The second-order valence-corrected chi connectivity index (χ2v) is 4.24. The summed E-state index contributed by atoms with van der Waals surface area (Å²) in [5, 5.41) is 14.2. The molecule has 1 N–H and O–H groups in total. The van der Waals surface area contributed by atoms with Gasteiger partial charge in [0.05, 0.1) is 31.8 Å². The first-order valence-electron chi connectivity index (χ1n) is 6.12. The number of ether oxygens (including phenoxy) is 3. The van der Waals surface area contributed by atoms with E-state index in [4.69, 9.17) is 14.2 Å². The molecular formula is C13H20N2O5. The molecule has 1 aromatic rings. The molecule has 0 saturated heterocycles. The zero-order valence-electron chi connectivity index (χ0n) is 12.1. The van der Waals surface area contributed by atoms with Crippen molar-refractivity contribution in [1.82, 2.24) is 5.32 Å². The molecule has 1 atom stereocenters. The van der Waals surface area contributed by atoms with Gasteiger partial charge in [-0.15, -0.1) is 0 Å². The fourth-order valence-electron chi connectivity index (χ4n) is 1.95. The number of hydrogen-bond donors (Lipinski definition) is 1. The van der Waals surface area contributed by atoms with Gasteiger partial charge in [0, 0.05) is 18.7 Å². The van der Waals surface area contributed by atoms with Crippen LogP contribution in [0.1, 0.15) is 5.56 Å². The molecule has 7 heteroatoms. The number of nitro benzene ring substituents is 1. The predicted octanol–water partition coefficient (Wildman–Crippen LogP) is 1.39. The molecule has 7 nitrogen and oxygen atoms in total. The van der Waals surface area contributed by atoms with Crippen LogP contribution in [-0.2, 0) is 11.2 Å². The van der Waals surface area contributed by atoms with E-state index in [2.05, 4.69) is 5.32 Å². The minimum absolute atomic E-state index is 0.0130. The minimum atomic E-state index is -0.420. The largest absolute Gasteiger partial charge is 0.493 e. The van der Waals surface area contributed by atoms with Gasteiger partial charge in [-0.3, -0.25) is 10.1 Å². The Morgan fingerprint density at radius 3 is 2.30 bits per heavy atom. The van der Waals surface area contributed by atoms with Gasteiger partial charge in [-0.25, -0.2) is 0 Å². The summed E-state index contributed by atoms with van der Waals surface area (Å²) in [6.07, 6.45) is 0.459. The van der Waals surface area contributed by atoms with Crippen molar-refractivity contribution in [3.8, 4) is 11.5 Å². The maximum atomic E-state index is 11.2. The van der Waals surface area contributed by atoms with E-state index >= 15 is 0 Å². The first kappa shape index (κ1) is 16.2. The third kappa shape index (κ3) is 3.82. The normalized spacial score (nSPS) is 12.0. The first-order valence-corrected chi connectivity index (χ1v) is 6.12. The molecule has 112 valence electrons. The van der Waals surface area contributed by atoms with Gasteiger partial charge >= 0.3 is 0 Å². The highest BCUT2D eigenvalue weighted by Gasteiger charge is 2.21. The van der Waals surface area contributed by atoms with Crippen molar-refractivity contribution in [3.05, 3.63) is 27.8 Å². The summed E-state index contributed by atoms with van der Waals surface area (Å²) in [5.41, 5.74) is 0.586. The van der Waals surface area contributed by atoms with Gasteiger partial charge in [-0.1, -0.05) is 0 Å². The van der Waals surface area contributed by atoms with Gasteiger partial charge in [0.1, 0.15) is 0 Å². The number of hydrogen-bond acceptors (Lipinski definition) is 6.